The number of ether oxygens (including phenoxy) is 1. The summed E-state index contributed by atoms with van der Waals surface area (Å²) in [6, 6.07) is 8.58. The zero-order valence-corrected chi connectivity index (χ0v) is 15.5. The van der Waals surface area contributed by atoms with Crippen LogP contribution in [-0.4, -0.2) is 70.7 Å². The summed E-state index contributed by atoms with van der Waals surface area (Å²) in [5.41, 5.74) is 1.97. The standard InChI is InChI=1S/C20H28N4O2/c1-26-17-8-12-22(13-9-17)16-6-10-23(11-7-16)20(25)14-24-15-21-18-4-2-3-5-19(18)24/h2-5,15-17H,6-14H2,1H3. The zero-order valence-electron chi connectivity index (χ0n) is 15.5. The van der Waals surface area contributed by atoms with Crippen molar-refractivity contribution in [1.82, 2.24) is 19.4 Å². The molecule has 0 unspecified atom stereocenters. The minimum Gasteiger partial charge on any atom is -0.381 e. The molecule has 4 rings (SSSR count). The average molecular weight is 356 g/mol. The number of amides is 1. The highest BCUT2D eigenvalue weighted by Crippen LogP contribution is 2.22. The summed E-state index contributed by atoms with van der Waals surface area (Å²) >= 11 is 0. The molecule has 2 saturated heterocycles. The number of fused-ring (bicyclic) bond motifs is 1. The molecule has 0 N–H and O–H groups in total. The van der Waals surface area contributed by atoms with Gasteiger partial charge in [-0.15, -0.1) is 0 Å². The third kappa shape index (κ3) is 3.62. The molecule has 1 aromatic carbocycles. The van der Waals surface area contributed by atoms with E-state index >= 15 is 0 Å². The SMILES string of the molecule is COC1CCN(C2CCN(C(=O)Cn3cnc4ccccc43)CC2)CC1. The van der Waals surface area contributed by atoms with Crippen LogP contribution >= 0.6 is 0 Å². The fraction of sp³-hybridized carbons (Fsp3) is 0.600. The minimum atomic E-state index is 0.199. The van der Waals surface area contributed by atoms with Gasteiger partial charge in [0.05, 0.1) is 23.5 Å². The molecule has 26 heavy (non-hydrogen) atoms. The fourth-order valence-corrected chi connectivity index (χ4v) is 4.34. The van der Waals surface area contributed by atoms with Gasteiger partial charge < -0.3 is 19.1 Å². The second kappa shape index (κ2) is 7.76. The van der Waals surface area contributed by atoms with Gasteiger partial charge in [-0.3, -0.25) is 4.79 Å². The van der Waals surface area contributed by atoms with Crippen LogP contribution in [-0.2, 0) is 16.1 Å². The number of nitrogens with zero attached hydrogens (tertiary/aromatic N) is 4. The molecule has 2 aliphatic heterocycles. The van der Waals surface area contributed by atoms with E-state index in [0.717, 1.165) is 62.9 Å². The largest absolute Gasteiger partial charge is 0.381 e. The van der Waals surface area contributed by atoms with Gasteiger partial charge in [-0.05, 0) is 37.8 Å². The lowest BCUT2D eigenvalue weighted by atomic mass is 9.99. The Bertz CT molecular complexity index is 743. The smallest absolute Gasteiger partial charge is 0.242 e. The molecule has 0 saturated carbocycles. The van der Waals surface area contributed by atoms with Crippen LogP contribution in [0, 0.1) is 0 Å². The lowest BCUT2D eigenvalue weighted by Gasteiger charge is -2.41. The van der Waals surface area contributed by atoms with Gasteiger partial charge in [-0.1, -0.05) is 12.1 Å². The summed E-state index contributed by atoms with van der Waals surface area (Å²) in [6.07, 6.45) is 6.61. The molecule has 2 aliphatic rings. The molecule has 0 aliphatic carbocycles. The van der Waals surface area contributed by atoms with Gasteiger partial charge in [0.25, 0.3) is 0 Å². The van der Waals surface area contributed by atoms with Crippen molar-refractivity contribution in [3.05, 3.63) is 30.6 Å². The number of hydrogen-bond donors (Lipinski definition) is 0. The third-order valence-corrected chi connectivity index (χ3v) is 5.98. The lowest BCUT2D eigenvalue weighted by molar-refractivity contribution is -0.133. The Labute approximate surface area is 154 Å². The van der Waals surface area contributed by atoms with Gasteiger partial charge in [-0.25, -0.2) is 4.98 Å². The number of likely N-dealkylation sites (tertiary alicyclic amines) is 2. The molecule has 0 bridgehead atoms. The maximum atomic E-state index is 12.7. The first-order chi connectivity index (χ1) is 12.7. The van der Waals surface area contributed by atoms with E-state index in [4.69, 9.17) is 4.74 Å². The van der Waals surface area contributed by atoms with Crippen molar-refractivity contribution in [2.24, 2.45) is 0 Å². The average Bonchev–Trinajstić information content (AvgIpc) is 3.11. The summed E-state index contributed by atoms with van der Waals surface area (Å²) in [5.74, 6) is 0.199. The normalized spacial score (nSPS) is 20.7. The highest BCUT2D eigenvalue weighted by atomic mass is 16.5. The van der Waals surface area contributed by atoms with Crippen molar-refractivity contribution in [2.45, 2.75) is 44.4 Å². The molecule has 6 nitrogen and oxygen atoms in total. The third-order valence-electron chi connectivity index (χ3n) is 5.98. The summed E-state index contributed by atoms with van der Waals surface area (Å²) < 4.78 is 7.43. The van der Waals surface area contributed by atoms with E-state index in [0.29, 0.717) is 18.7 Å². The predicted molar refractivity (Wildman–Crippen MR) is 101 cm³/mol. The summed E-state index contributed by atoms with van der Waals surface area (Å²) in [6.45, 7) is 4.35. The summed E-state index contributed by atoms with van der Waals surface area (Å²) in [7, 11) is 1.81. The van der Waals surface area contributed by atoms with E-state index in [1.54, 1.807) is 6.33 Å². The van der Waals surface area contributed by atoms with Crippen LogP contribution in [0.3, 0.4) is 0 Å². The zero-order chi connectivity index (χ0) is 17.9. The van der Waals surface area contributed by atoms with Crippen LogP contribution in [0.2, 0.25) is 0 Å². The van der Waals surface area contributed by atoms with Gasteiger partial charge in [0.1, 0.15) is 6.54 Å². The number of benzene rings is 1. The first-order valence-electron chi connectivity index (χ1n) is 9.69. The molecule has 2 fully saturated rings. The predicted octanol–water partition coefficient (Wildman–Crippen LogP) is 2.14. The highest BCUT2D eigenvalue weighted by molar-refractivity contribution is 5.80. The van der Waals surface area contributed by atoms with E-state index in [9.17, 15) is 4.79 Å². The number of rotatable bonds is 4. The number of aromatic nitrogens is 2. The molecular weight excluding hydrogens is 328 g/mol. The molecule has 1 aromatic heterocycles. The number of imidazole rings is 1. The second-order valence-electron chi connectivity index (χ2n) is 7.44. The van der Waals surface area contributed by atoms with Crippen molar-refractivity contribution in [3.63, 3.8) is 0 Å². The molecule has 0 radical (unpaired) electrons. The Hall–Kier alpha value is -1.92. The van der Waals surface area contributed by atoms with Crippen molar-refractivity contribution in [3.8, 4) is 0 Å². The number of carbonyl (C=O) groups excluding carboxylic acids is 1. The molecule has 2 aromatic rings. The highest BCUT2D eigenvalue weighted by Gasteiger charge is 2.29. The summed E-state index contributed by atoms with van der Waals surface area (Å²) in [5, 5.41) is 0. The number of piperidine rings is 2. The van der Waals surface area contributed by atoms with E-state index < -0.39 is 0 Å². The minimum absolute atomic E-state index is 0.199. The molecule has 140 valence electrons. The Morgan fingerprint density at radius 3 is 2.58 bits per heavy atom. The Morgan fingerprint density at radius 2 is 1.85 bits per heavy atom. The molecule has 0 spiro atoms. The van der Waals surface area contributed by atoms with Gasteiger partial charge in [-0.2, -0.15) is 0 Å². The Morgan fingerprint density at radius 1 is 1.12 bits per heavy atom. The van der Waals surface area contributed by atoms with E-state index in [-0.39, 0.29) is 5.91 Å². The number of carbonyl (C=O) groups is 1. The number of hydrogen-bond acceptors (Lipinski definition) is 4. The summed E-state index contributed by atoms with van der Waals surface area (Å²) in [4.78, 5) is 21.7. The van der Waals surface area contributed by atoms with Crippen LogP contribution in [0.5, 0.6) is 0 Å². The maximum absolute atomic E-state index is 12.7. The quantitative estimate of drug-likeness (QED) is 0.842. The van der Waals surface area contributed by atoms with Gasteiger partial charge in [0.15, 0.2) is 0 Å². The van der Waals surface area contributed by atoms with Gasteiger partial charge >= 0.3 is 0 Å². The molecule has 3 heterocycles. The van der Waals surface area contributed by atoms with E-state index in [1.807, 2.05) is 40.8 Å². The van der Waals surface area contributed by atoms with Crippen LogP contribution < -0.4 is 0 Å². The molecule has 1 amide bonds. The molecular formula is C20H28N4O2. The first-order valence-corrected chi connectivity index (χ1v) is 9.69. The van der Waals surface area contributed by atoms with Crippen LogP contribution in [0.15, 0.2) is 30.6 Å². The van der Waals surface area contributed by atoms with Crippen LogP contribution in [0.1, 0.15) is 25.7 Å². The van der Waals surface area contributed by atoms with E-state index in [1.165, 1.54) is 0 Å². The monoisotopic (exact) mass is 356 g/mol. The Kier molecular flexibility index (Phi) is 5.22. The van der Waals surface area contributed by atoms with Crippen molar-refractivity contribution in [2.75, 3.05) is 33.3 Å². The molecule has 0 atom stereocenters. The maximum Gasteiger partial charge on any atom is 0.242 e. The van der Waals surface area contributed by atoms with E-state index in [2.05, 4.69) is 9.88 Å². The van der Waals surface area contributed by atoms with Crippen molar-refractivity contribution >= 4 is 16.9 Å². The van der Waals surface area contributed by atoms with Crippen molar-refractivity contribution < 1.29 is 9.53 Å². The van der Waals surface area contributed by atoms with Crippen LogP contribution in [0.25, 0.3) is 11.0 Å². The number of para-hydroxylation sites is 2. The lowest BCUT2D eigenvalue weighted by Crippen LogP contribution is -2.50. The second-order valence-corrected chi connectivity index (χ2v) is 7.44. The van der Waals surface area contributed by atoms with Gasteiger partial charge in [0, 0.05) is 39.3 Å². The first kappa shape index (κ1) is 17.5. The van der Waals surface area contributed by atoms with Crippen molar-refractivity contribution in [1.29, 1.82) is 0 Å². The van der Waals surface area contributed by atoms with Gasteiger partial charge in [0.2, 0.25) is 5.91 Å². The fourth-order valence-electron chi connectivity index (χ4n) is 4.34. The van der Waals surface area contributed by atoms with Crippen LogP contribution in [0.4, 0.5) is 0 Å². The Balaban J connectivity index is 1.30. The molecule has 6 heteroatoms. The number of methoxy groups -OCH3 is 1. The topological polar surface area (TPSA) is 50.6 Å².